The predicted molar refractivity (Wildman–Crippen MR) is 182 cm³/mol. The standard InChI is InChI=1S/C27H15N2S.C11H20O2.Ir/c1-2-9-18(10-3-1)29-21-13-7-15-24-26(21)25-19(11-6-14-23(25)30-24)27-22(29)16-17-8-4-5-12-20(17)28-27;1-10(2,3)8(12)7-9(13)11(4,5)6;/h1-10,12-16H;7,12H,1-6H3;/q-1;;/b;8-7-;. The summed E-state index contributed by atoms with van der Waals surface area (Å²) in [7, 11) is 0. The minimum Gasteiger partial charge on any atom is -0.512 e. The van der Waals surface area contributed by atoms with Gasteiger partial charge in [-0.1, -0.05) is 89.4 Å². The van der Waals surface area contributed by atoms with Crippen molar-refractivity contribution in [1.29, 1.82) is 0 Å². The quantitative estimate of drug-likeness (QED) is 0.108. The summed E-state index contributed by atoms with van der Waals surface area (Å²) in [5.41, 5.74) is 4.65. The van der Waals surface area contributed by atoms with E-state index in [0.717, 1.165) is 33.0 Å². The molecule has 0 saturated carbocycles. The molecule has 1 N–H and O–H groups in total. The van der Waals surface area contributed by atoms with E-state index in [0.29, 0.717) is 0 Å². The van der Waals surface area contributed by atoms with Gasteiger partial charge in [-0.3, -0.25) is 9.78 Å². The van der Waals surface area contributed by atoms with E-state index in [-0.39, 0.29) is 37.1 Å². The number of aromatic nitrogens is 2. The zero-order valence-electron chi connectivity index (χ0n) is 25.7. The second-order valence-electron chi connectivity index (χ2n) is 13.0. The number of hydrogen-bond donors (Lipinski definition) is 1. The first-order valence-corrected chi connectivity index (χ1v) is 15.3. The van der Waals surface area contributed by atoms with E-state index >= 15 is 0 Å². The summed E-state index contributed by atoms with van der Waals surface area (Å²) in [5, 5.41) is 14.3. The van der Waals surface area contributed by atoms with E-state index in [1.807, 2.05) is 58.9 Å². The van der Waals surface area contributed by atoms with Crippen molar-refractivity contribution in [2.45, 2.75) is 41.5 Å². The molecule has 4 aromatic carbocycles. The van der Waals surface area contributed by atoms with Gasteiger partial charge >= 0.3 is 0 Å². The molecule has 0 spiro atoms. The first-order valence-electron chi connectivity index (χ1n) is 14.5. The van der Waals surface area contributed by atoms with E-state index in [2.05, 4.69) is 95.6 Å². The van der Waals surface area contributed by atoms with Crippen LogP contribution in [0.5, 0.6) is 0 Å². The third-order valence-corrected chi connectivity index (χ3v) is 8.77. The van der Waals surface area contributed by atoms with E-state index in [1.165, 1.54) is 31.8 Å². The molecule has 1 radical (unpaired) electrons. The smallest absolute Gasteiger partial charge is 0.164 e. The summed E-state index contributed by atoms with van der Waals surface area (Å²) in [5.74, 6) is 0.104. The maximum atomic E-state index is 11.5. The number of nitrogens with zero attached hydrogens (tertiary/aromatic N) is 2. The number of fused-ring (bicyclic) bond motifs is 3. The Hall–Kier alpha value is -3.83. The molecule has 0 aliphatic rings. The number of thiophene rings is 1. The van der Waals surface area contributed by atoms with Crippen LogP contribution in [-0.4, -0.2) is 20.4 Å². The number of hydrogen-bond acceptors (Lipinski definition) is 4. The average Bonchev–Trinajstić information content (AvgIpc) is 3.31. The number of rotatable bonds is 2. The topological polar surface area (TPSA) is 55.1 Å². The molecule has 0 aliphatic carbocycles. The number of aliphatic hydroxyl groups excluding tert-OH is 1. The third-order valence-electron chi connectivity index (χ3n) is 7.65. The molecule has 44 heavy (non-hydrogen) atoms. The Morgan fingerprint density at radius 2 is 1.50 bits per heavy atom. The van der Waals surface area contributed by atoms with Gasteiger partial charge in [0.05, 0.1) is 5.52 Å². The first-order chi connectivity index (χ1) is 20.4. The van der Waals surface area contributed by atoms with Crippen LogP contribution in [0.25, 0.3) is 58.7 Å². The molecule has 0 fully saturated rings. The first kappa shape index (κ1) is 31.6. The van der Waals surface area contributed by atoms with Crippen molar-refractivity contribution in [2.24, 2.45) is 10.8 Å². The minimum absolute atomic E-state index is 0. The molecule has 4 nitrogen and oxygen atoms in total. The van der Waals surface area contributed by atoms with E-state index in [4.69, 9.17) is 4.98 Å². The summed E-state index contributed by atoms with van der Waals surface area (Å²) in [6, 6.07) is 35.5. The van der Waals surface area contributed by atoms with Gasteiger partial charge in [0.15, 0.2) is 5.78 Å². The number of pyridine rings is 1. The second-order valence-corrected chi connectivity index (χ2v) is 14.0. The fraction of sp³-hybridized carbons (Fsp3) is 0.211. The molecular formula is C38H35IrN2O2S-. The van der Waals surface area contributed by atoms with Crippen LogP contribution in [0.3, 0.4) is 0 Å². The van der Waals surface area contributed by atoms with Gasteiger partial charge in [0, 0.05) is 69.3 Å². The van der Waals surface area contributed by atoms with Gasteiger partial charge < -0.3 is 9.67 Å². The molecule has 225 valence electrons. The number of aliphatic hydroxyl groups is 1. The number of para-hydroxylation sites is 2. The zero-order chi connectivity index (χ0) is 30.5. The Morgan fingerprint density at radius 1 is 0.818 bits per heavy atom. The molecule has 7 aromatic rings. The fourth-order valence-electron chi connectivity index (χ4n) is 5.16. The van der Waals surface area contributed by atoms with Crippen LogP contribution in [0.4, 0.5) is 0 Å². The molecule has 0 bridgehead atoms. The normalized spacial score (nSPS) is 12.5. The van der Waals surface area contributed by atoms with Crippen molar-refractivity contribution in [3.05, 3.63) is 109 Å². The average molecular weight is 776 g/mol. The number of carbonyl (C=O) groups excluding carboxylic acids is 1. The molecule has 3 aromatic heterocycles. The van der Waals surface area contributed by atoms with Crippen molar-refractivity contribution in [1.82, 2.24) is 9.55 Å². The SMILES string of the molecule is CC(C)(C)C(=O)/C=C(\O)C(C)(C)C.[Ir].[c-]1ccc2sc3cccc4c3c2c1c1nc2ccccc2cc1n4-c1ccccc1. The van der Waals surface area contributed by atoms with Crippen LogP contribution < -0.4 is 0 Å². The molecule has 0 atom stereocenters. The zero-order valence-corrected chi connectivity index (χ0v) is 28.9. The maximum absolute atomic E-state index is 11.5. The van der Waals surface area contributed by atoms with Gasteiger partial charge in [0.1, 0.15) is 5.76 Å². The molecule has 0 unspecified atom stereocenters. The summed E-state index contributed by atoms with van der Waals surface area (Å²) in [6.07, 6.45) is 1.33. The number of ketones is 1. The predicted octanol–water partition coefficient (Wildman–Crippen LogP) is 10.6. The Kier molecular flexibility index (Phi) is 8.56. The third kappa shape index (κ3) is 5.82. The minimum atomic E-state index is -0.417. The van der Waals surface area contributed by atoms with Crippen molar-refractivity contribution in [3.8, 4) is 5.69 Å². The van der Waals surface area contributed by atoms with E-state index in [1.54, 1.807) is 0 Å². The summed E-state index contributed by atoms with van der Waals surface area (Å²) >= 11 is 1.84. The maximum Gasteiger partial charge on any atom is 0.164 e. The Balaban J connectivity index is 0.000000237. The van der Waals surface area contributed by atoms with Gasteiger partial charge in [0.25, 0.3) is 0 Å². The van der Waals surface area contributed by atoms with Gasteiger partial charge in [-0.05, 0) is 46.5 Å². The molecular weight excluding hydrogens is 741 g/mol. The van der Waals surface area contributed by atoms with Crippen molar-refractivity contribution in [3.63, 3.8) is 0 Å². The van der Waals surface area contributed by atoms with Crippen LogP contribution in [0.1, 0.15) is 41.5 Å². The molecule has 6 heteroatoms. The van der Waals surface area contributed by atoms with Gasteiger partial charge in [0.2, 0.25) is 0 Å². The number of carbonyl (C=O) groups is 1. The molecule has 0 amide bonds. The van der Waals surface area contributed by atoms with Crippen LogP contribution in [-0.2, 0) is 24.9 Å². The summed E-state index contributed by atoms with van der Waals surface area (Å²) in [4.78, 5) is 16.6. The fourth-order valence-corrected chi connectivity index (χ4v) is 6.30. The molecule has 7 rings (SSSR count). The molecule has 3 heterocycles. The van der Waals surface area contributed by atoms with Crippen LogP contribution in [0, 0.1) is 16.9 Å². The second kappa shape index (κ2) is 11.9. The molecule has 0 saturated heterocycles. The Morgan fingerprint density at radius 3 is 2.20 bits per heavy atom. The Bertz CT molecular complexity index is 2180. The monoisotopic (exact) mass is 776 g/mol. The largest absolute Gasteiger partial charge is 0.512 e. The molecule has 0 aliphatic heterocycles. The van der Waals surface area contributed by atoms with Crippen molar-refractivity contribution < 1.29 is 30.0 Å². The van der Waals surface area contributed by atoms with Gasteiger partial charge in [-0.2, -0.15) is 11.3 Å². The van der Waals surface area contributed by atoms with E-state index in [9.17, 15) is 9.90 Å². The van der Waals surface area contributed by atoms with Gasteiger partial charge in [-0.25, -0.2) is 0 Å². The summed E-state index contributed by atoms with van der Waals surface area (Å²) in [6.45, 7) is 11.1. The number of allylic oxidation sites excluding steroid dienone is 2. The van der Waals surface area contributed by atoms with Crippen molar-refractivity contribution in [2.75, 3.05) is 0 Å². The summed E-state index contributed by atoms with van der Waals surface area (Å²) < 4.78 is 4.93. The van der Waals surface area contributed by atoms with Crippen LogP contribution >= 0.6 is 11.3 Å². The van der Waals surface area contributed by atoms with Crippen molar-refractivity contribution >= 4 is 70.1 Å². The Labute approximate surface area is 275 Å². The number of benzene rings is 4. The van der Waals surface area contributed by atoms with Gasteiger partial charge in [-0.15, -0.1) is 23.6 Å². The van der Waals surface area contributed by atoms with E-state index < -0.39 is 5.41 Å². The van der Waals surface area contributed by atoms with Crippen LogP contribution in [0.2, 0.25) is 0 Å². The van der Waals surface area contributed by atoms with Crippen LogP contribution in [0.15, 0.2) is 103 Å².